The quantitative estimate of drug-likeness (QED) is 0.228. The lowest BCUT2D eigenvalue weighted by Gasteiger charge is -2.07. The summed E-state index contributed by atoms with van der Waals surface area (Å²) in [6.07, 6.45) is 3.73. The van der Waals surface area contributed by atoms with Gasteiger partial charge >= 0.3 is 0 Å². The van der Waals surface area contributed by atoms with Crippen LogP contribution in [0.5, 0.6) is 0 Å². The van der Waals surface area contributed by atoms with Gasteiger partial charge in [0, 0.05) is 17.7 Å². The van der Waals surface area contributed by atoms with E-state index in [4.69, 9.17) is 0 Å². The van der Waals surface area contributed by atoms with Gasteiger partial charge in [0.25, 0.3) is 5.69 Å². The number of aromatic nitrogens is 3. The summed E-state index contributed by atoms with van der Waals surface area (Å²) in [6.45, 7) is 0. The lowest BCUT2D eigenvalue weighted by Crippen LogP contribution is -1.97. The highest BCUT2D eigenvalue weighted by atomic mass is 32.2. The van der Waals surface area contributed by atoms with Crippen molar-refractivity contribution in [3.63, 3.8) is 0 Å². The fourth-order valence-corrected chi connectivity index (χ4v) is 3.33. The molecule has 0 fully saturated rings. The van der Waals surface area contributed by atoms with Crippen molar-refractivity contribution >= 4 is 23.0 Å². The normalized spacial score (nSPS) is 11.0. The maximum atomic E-state index is 11.0. The molecule has 0 bridgehead atoms. The van der Waals surface area contributed by atoms with Crippen LogP contribution in [0.15, 0.2) is 72.0 Å². The minimum atomic E-state index is -0.382. The van der Waals surface area contributed by atoms with Crippen LogP contribution < -0.4 is 0 Å². The molecule has 128 valence electrons. The molecule has 26 heavy (non-hydrogen) atoms. The first-order chi connectivity index (χ1) is 12.7. The van der Waals surface area contributed by atoms with Gasteiger partial charge in [-0.25, -0.2) is 9.50 Å². The van der Waals surface area contributed by atoms with Crippen molar-refractivity contribution in [1.29, 1.82) is 0 Å². The maximum absolute atomic E-state index is 11.0. The smallest absolute Gasteiger partial charge is 0.258 e. The molecule has 2 aromatic heterocycles. The van der Waals surface area contributed by atoms with Crippen molar-refractivity contribution in [2.24, 2.45) is 0 Å². The monoisotopic (exact) mass is 362 g/mol. The zero-order valence-corrected chi connectivity index (χ0v) is 14.7. The Hall–Kier alpha value is -3.19. The third kappa shape index (κ3) is 2.93. The second-order valence-electron chi connectivity index (χ2n) is 5.68. The van der Waals surface area contributed by atoms with Gasteiger partial charge in [-0.2, -0.15) is 5.10 Å². The zero-order valence-electron chi connectivity index (χ0n) is 13.9. The zero-order chi connectivity index (χ0) is 18.1. The molecule has 0 N–H and O–H groups in total. The maximum Gasteiger partial charge on any atom is 0.270 e. The van der Waals surface area contributed by atoms with E-state index in [0.29, 0.717) is 0 Å². The molecule has 6 nitrogen and oxygen atoms in total. The van der Waals surface area contributed by atoms with E-state index in [2.05, 4.69) is 10.1 Å². The first-order valence-electron chi connectivity index (χ1n) is 7.90. The van der Waals surface area contributed by atoms with Gasteiger partial charge in [-0.3, -0.25) is 10.1 Å². The van der Waals surface area contributed by atoms with Crippen molar-refractivity contribution < 1.29 is 4.92 Å². The Morgan fingerprint density at radius 3 is 2.50 bits per heavy atom. The fraction of sp³-hybridized carbons (Fsp3) is 0.0526. The summed E-state index contributed by atoms with van der Waals surface area (Å²) < 4.78 is 1.81. The van der Waals surface area contributed by atoms with Gasteiger partial charge in [0.05, 0.1) is 22.3 Å². The predicted octanol–water partition coefficient (Wildman–Crippen LogP) is 4.69. The number of benzene rings is 2. The van der Waals surface area contributed by atoms with E-state index < -0.39 is 0 Å². The molecule has 7 heteroatoms. The number of nitrogens with zero attached hydrogens (tertiary/aromatic N) is 4. The van der Waals surface area contributed by atoms with E-state index in [1.807, 2.05) is 53.2 Å². The molecule has 4 rings (SSSR count). The van der Waals surface area contributed by atoms with E-state index in [-0.39, 0.29) is 10.6 Å². The Morgan fingerprint density at radius 1 is 1.00 bits per heavy atom. The van der Waals surface area contributed by atoms with Gasteiger partial charge in [0.2, 0.25) is 0 Å². The van der Waals surface area contributed by atoms with E-state index in [9.17, 15) is 10.1 Å². The van der Waals surface area contributed by atoms with Gasteiger partial charge < -0.3 is 0 Å². The number of fused-ring (bicyclic) bond motifs is 1. The standard InChI is InChI=1S/C19H14N4O2S/c1-26-19-21-18(12-16-9-10-20-22(16)19)14-7-5-13(6-8-14)15-3-2-4-17(11-15)23(24)25/h2-12H,1H3. The van der Waals surface area contributed by atoms with Crippen LogP contribution in [0, 0.1) is 10.1 Å². The van der Waals surface area contributed by atoms with E-state index in [1.165, 1.54) is 6.07 Å². The minimum Gasteiger partial charge on any atom is -0.258 e. The molecule has 2 heterocycles. The second kappa shape index (κ2) is 6.61. The Kier molecular flexibility index (Phi) is 4.14. The number of hydrogen-bond acceptors (Lipinski definition) is 5. The first-order valence-corrected chi connectivity index (χ1v) is 9.12. The van der Waals surface area contributed by atoms with Gasteiger partial charge in [-0.05, 0) is 29.5 Å². The summed E-state index contributed by atoms with van der Waals surface area (Å²) in [5.41, 5.74) is 4.67. The summed E-state index contributed by atoms with van der Waals surface area (Å²) in [7, 11) is 0. The third-order valence-corrected chi connectivity index (χ3v) is 4.74. The van der Waals surface area contributed by atoms with E-state index in [0.717, 1.165) is 33.1 Å². The van der Waals surface area contributed by atoms with Crippen molar-refractivity contribution in [2.45, 2.75) is 5.16 Å². The van der Waals surface area contributed by atoms with Crippen molar-refractivity contribution in [3.8, 4) is 22.4 Å². The molecule has 0 amide bonds. The average Bonchev–Trinajstić information content (AvgIpc) is 3.16. The highest BCUT2D eigenvalue weighted by molar-refractivity contribution is 7.98. The van der Waals surface area contributed by atoms with Crippen LogP contribution in [-0.4, -0.2) is 25.8 Å². The third-order valence-electron chi connectivity index (χ3n) is 4.11. The average molecular weight is 362 g/mol. The molecular weight excluding hydrogens is 348 g/mol. The molecule has 0 aliphatic carbocycles. The number of nitro groups is 1. The topological polar surface area (TPSA) is 73.3 Å². The Labute approximate surface area is 153 Å². The number of rotatable bonds is 4. The molecule has 0 atom stereocenters. The summed E-state index contributed by atoms with van der Waals surface area (Å²) >= 11 is 1.54. The minimum absolute atomic E-state index is 0.0871. The summed E-state index contributed by atoms with van der Waals surface area (Å²) in [5, 5.41) is 16.1. The van der Waals surface area contributed by atoms with Gasteiger partial charge in [0.1, 0.15) is 0 Å². The number of hydrogen-bond donors (Lipinski definition) is 0. The summed E-state index contributed by atoms with van der Waals surface area (Å²) in [5.74, 6) is 0. The van der Waals surface area contributed by atoms with Crippen molar-refractivity contribution in [2.75, 3.05) is 6.26 Å². The number of non-ortho nitro benzene ring substituents is 1. The van der Waals surface area contributed by atoms with Crippen LogP contribution in [0.4, 0.5) is 5.69 Å². The van der Waals surface area contributed by atoms with Crippen LogP contribution >= 0.6 is 11.8 Å². The Bertz CT molecular complexity index is 1110. The highest BCUT2D eigenvalue weighted by Crippen LogP contribution is 2.28. The van der Waals surface area contributed by atoms with E-state index >= 15 is 0 Å². The fourth-order valence-electron chi connectivity index (χ4n) is 2.82. The van der Waals surface area contributed by atoms with Crippen LogP contribution in [0.3, 0.4) is 0 Å². The predicted molar refractivity (Wildman–Crippen MR) is 102 cm³/mol. The number of nitro benzene ring substituents is 1. The van der Waals surface area contributed by atoms with E-state index in [1.54, 1.807) is 30.1 Å². The van der Waals surface area contributed by atoms with Gasteiger partial charge in [-0.15, -0.1) is 0 Å². The largest absolute Gasteiger partial charge is 0.270 e. The first kappa shape index (κ1) is 16.3. The summed E-state index contributed by atoms with van der Waals surface area (Å²) in [6, 6.07) is 18.4. The molecule has 4 aromatic rings. The lowest BCUT2D eigenvalue weighted by atomic mass is 10.0. The summed E-state index contributed by atoms with van der Waals surface area (Å²) in [4.78, 5) is 15.3. The molecule has 2 aromatic carbocycles. The molecule has 0 unspecified atom stereocenters. The SMILES string of the molecule is CSc1nc(-c2ccc(-c3cccc([N+](=O)[O-])c3)cc2)cc2ccnn12. The van der Waals surface area contributed by atoms with Crippen molar-refractivity contribution in [1.82, 2.24) is 14.6 Å². The van der Waals surface area contributed by atoms with Crippen LogP contribution in [0.25, 0.3) is 27.9 Å². The Balaban J connectivity index is 1.72. The molecule has 0 radical (unpaired) electrons. The Morgan fingerprint density at radius 2 is 1.77 bits per heavy atom. The molecule has 0 saturated heterocycles. The van der Waals surface area contributed by atoms with Crippen molar-refractivity contribution in [3.05, 3.63) is 77.0 Å². The lowest BCUT2D eigenvalue weighted by molar-refractivity contribution is -0.384. The second-order valence-corrected chi connectivity index (χ2v) is 6.45. The van der Waals surface area contributed by atoms with Crippen LogP contribution in [-0.2, 0) is 0 Å². The number of thioether (sulfide) groups is 1. The van der Waals surface area contributed by atoms with Crippen LogP contribution in [0.2, 0.25) is 0 Å². The van der Waals surface area contributed by atoms with Crippen LogP contribution in [0.1, 0.15) is 0 Å². The van der Waals surface area contributed by atoms with Gasteiger partial charge in [-0.1, -0.05) is 48.2 Å². The molecule has 0 aliphatic rings. The molecule has 0 spiro atoms. The highest BCUT2D eigenvalue weighted by Gasteiger charge is 2.10. The molecule has 0 aliphatic heterocycles. The molecule has 0 saturated carbocycles. The molecular formula is C19H14N4O2S. The van der Waals surface area contributed by atoms with Gasteiger partial charge in [0.15, 0.2) is 5.16 Å².